The number of benzene rings is 1. The minimum Gasteiger partial charge on any atom is -0.315 e. The van der Waals surface area contributed by atoms with Crippen molar-refractivity contribution in [2.24, 2.45) is 0 Å². The van der Waals surface area contributed by atoms with Crippen molar-refractivity contribution in [3.05, 3.63) is 67.9 Å². The Balaban J connectivity index is 1.43. The van der Waals surface area contributed by atoms with Crippen LogP contribution in [-0.2, 0) is 24.2 Å². The predicted octanol–water partition coefficient (Wildman–Crippen LogP) is 5.31. The number of rotatable bonds is 5. The van der Waals surface area contributed by atoms with E-state index in [0.717, 1.165) is 36.0 Å². The second kappa shape index (κ2) is 8.58. The molecule has 0 aliphatic heterocycles. The number of amides is 1. The van der Waals surface area contributed by atoms with E-state index < -0.39 is 0 Å². The van der Waals surface area contributed by atoms with Crippen LogP contribution in [0.5, 0.6) is 0 Å². The number of nitrogens with one attached hydrogen (secondary N) is 1. The first-order valence-corrected chi connectivity index (χ1v) is 12.6. The van der Waals surface area contributed by atoms with Crippen molar-refractivity contribution in [3.63, 3.8) is 0 Å². The van der Waals surface area contributed by atoms with E-state index in [0.29, 0.717) is 26.7 Å². The molecule has 0 unspecified atom stereocenters. The Labute approximate surface area is 199 Å². The van der Waals surface area contributed by atoms with Gasteiger partial charge in [0.15, 0.2) is 0 Å². The van der Waals surface area contributed by atoms with E-state index in [4.69, 9.17) is 0 Å². The Morgan fingerprint density at radius 1 is 1.27 bits per heavy atom. The highest BCUT2D eigenvalue weighted by Gasteiger charge is 2.23. The quantitative estimate of drug-likeness (QED) is 0.425. The molecule has 1 aromatic carbocycles. The Morgan fingerprint density at radius 3 is 2.79 bits per heavy atom. The summed E-state index contributed by atoms with van der Waals surface area (Å²) in [7, 11) is 0. The smallest absolute Gasteiger partial charge is 0.263 e. The molecule has 0 fully saturated rings. The number of aryl methyl sites for hydroxylation is 1. The zero-order chi connectivity index (χ0) is 23.1. The number of carbonyl (C=O) groups is 1. The van der Waals surface area contributed by atoms with Crippen molar-refractivity contribution in [1.82, 2.24) is 9.55 Å². The third-order valence-electron chi connectivity index (χ3n) is 6.05. The molecular formula is C25H22N4O2S2. The second-order valence-electron chi connectivity index (χ2n) is 8.51. The standard InChI is InChI=1S/C25H22N4O2S2/c1-14(2)15-6-8-16(9-7-15)19-12-32-24-22(19)25(31)29(13-27-24)11-21(30)28-23-18(10-26)17-4-3-5-20(17)33-23/h6-9,12-14H,3-5,11H2,1-2H3,(H,28,30). The molecule has 6 nitrogen and oxygen atoms in total. The fraction of sp³-hybridized carbons (Fsp3) is 0.280. The van der Waals surface area contributed by atoms with Crippen LogP contribution < -0.4 is 10.9 Å². The molecule has 0 saturated heterocycles. The van der Waals surface area contributed by atoms with E-state index in [1.54, 1.807) is 0 Å². The number of nitriles is 1. The Hall–Kier alpha value is -3.28. The monoisotopic (exact) mass is 474 g/mol. The summed E-state index contributed by atoms with van der Waals surface area (Å²) in [4.78, 5) is 32.3. The van der Waals surface area contributed by atoms with Gasteiger partial charge in [0.05, 0.1) is 17.3 Å². The minimum atomic E-state index is -0.340. The zero-order valence-electron chi connectivity index (χ0n) is 18.3. The van der Waals surface area contributed by atoms with Crippen LogP contribution >= 0.6 is 22.7 Å². The van der Waals surface area contributed by atoms with Crippen molar-refractivity contribution < 1.29 is 4.79 Å². The molecule has 166 valence electrons. The van der Waals surface area contributed by atoms with Crippen molar-refractivity contribution in [1.29, 1.82) is 5.26 Å². The summed E-state index contributed by atoms with van der Waals surface area (Å²) >= 11 is 2.89. The van der Waals surface area contributed by atoms with Gasteiger partial charge in [0.25, 0.3) is 5.56 Å². The summed E-state index contributed by atoms with van der Waals surface area (Å²) in [6, 6.07) is 10.4. The number of aromatic nitrogens is 2. The molecule has 0 spiro atoms. The van der Waals surface area contributed by atoms with Crippen LogP contribution in [0.1, 0.15) is 47.8 Å². The number of anilines is 1. The van der Waals surface area contributed by atoms with Crippen LogP contribution in [0.15, 0.2) is 40.8 Å². The molecule has 4 aromatic rings. The van der Waals surface area contributed by atoms with Gasteiger partial charge in [-0.2, -0.15) is 5.26 Å². The van der Waals surface area contributed by atoms with Crippen LogP contribution in [-0.4, -0.2) is 15.5 Å². The van der Waals surface area contributed by atoms with Gasteiger partial charge in [0, 0.05) is 15.8 Å². The molecule has 0 bridgehead atoms. The van der Waals surface area contributed by atoms with Crippen LogP contribution in [0.3, 0.4) is 0 Å². The lowest BCUT2D eigenvalue weighted by Crippen LogP contribution is -2.27. The summed E-state index contributed by atoms with van der Waals surface area (Å²) < 4.78 is 1.34. The number of hydrogen-bond acceptors (Lipinski definition) is 6. The van der Waals surface area contributed by atoms with Gasteiger partial charge in [-0.3, -0.25) is 14.2 Å². The van der Waals surface area contributed by atoms with Crippen LogP contribution in [0.4, 0.5) is 5.00 Å². The molecule has 8 heteroatoms. The van der Waals surface area contributed by atoms with Crippen molar-refractivity contribution >= 4 is 43.8 Å². The molecule has 1 N–H and O–H groups in total. The zero-order valence-corrected chi connectivity index (χ0v) is 20.0. The third kappa shape index (κ3) is 3.88. The summed E-state index contributed by atoms with van der Waals surface area (Å²) in [5.74, 6) is 0.0921. The Bertz CT molecular complexity index is 1470. The number of carbonyl (C=O) groups excluding carboxylic acids is 1. The molecule has 3 aromatic heterocycles. The number of thiophene rings is 2. The van der Waals surface area contributed by atoms with Gasteiger partial charge < -0.3 is 5.32 Å². The van der Waals surface area contributed by atoms with Crippen molar-refractivity contribution in [2.75, 3.05) is 5.32 Å². The largest absolute Gasteiger partial charge is 0.315 e. The molecule has 1 aliphatic rings. The molecule has 33 heavy (non-hydrogen) atoms. The maximum atomic E-state index is 13.3. The lowest BCUT2D eigenvalue weighted by Gasteiger charge is -2.08. The number of hydrogen-bond donors (Lipinski definition) is 1. The summed E-state index contributed by atoms with van der Waals surface area (Å²) in [5.41, 5.74) is 4.41. The van der Waals surface area contributed by atoms with Crippen LogP contribution in [0.2, 0.25) is 0 Å². The maximum Gasteiger partial charge on any atom is 0.263 e. The molecular weight excluding hydrogens is 452 g/mol. The lowest BCUT2D eigenvalue weighted by molar-refractivity contribution is -0.116. The molecule has 1 amide bonds. The van der Waals surface area contributed by atoms with Gasteiger partial charge in [-0.05, 0) is 41.9 Å². The normalized spacial score (nSPS) is 12.8. The number of nitrogens with zero attached hydrogens (tertiary/aromatic N) is 3. The summed E-state index contributed by atoms with van der Waals surface area (Å²) in [6.07, 6.45) is 4.30. The Kier molecular flexibility index (Phi) is 5.60. The van der Waals surface area contributed by atoms with Gasteiger partial charge in [0.1, 0.15) is 22.4 Å². The molecule has 5 rings (SSSR count). The highest BCUT2D eigenvalue weighted by Crippen LogP contribution is 2.38. The highest BCUT2D eigenvalue weighted by atomic mass is 32.1. The molecule has 0 saturated carbocycles. The SMILES string of the molecule is CC(C)c1ccc(-c2csc3ncn(CC(=O)Nc4sc5c(c4C#N)CCC5)c(=O)c23)cc1. The predicted molar refractivity (Wildman–Crippen MR) is 133 cm³/mol. The molecule has 3 heterocycles. The van der Waals surface area contributed by atoms with E-state index in [9.17, 15) is 14.9 Å². The second-order valence-corrected chi connectivity index (χ2v) is 10.5. The van der Waals surface area contributed by atoms with E-state index in [-0.39, 0.29) is 18.0 Å². The van der Waals surface area contributed by atoms with E-state index in [2.05, 4.69) is 42.4 Å². The first-order valence-electron chi connectivity index (χ1n) is 10.9. The van der Waals surface area contributed by atoms with Crippen molar-refractivity contribution in [3.8, 4) is 17.2 Å². The first-order chi connectivity index (χ1) is 16.0. The first kappa shape index (κ1) is 21.6. The minimum absolute atomic E-state index is 0.156. The van der Waals surface area contributed by atoms with E-state index >= 15 is 0 Å². The van der Waals surface area contributed by atoms with Crippen molar-refractivity contribution in [2.45, 2.75) is 45.6 Å². The summed E-state index contributed by atoms with van der Waals surface area (Å²) in [6.45, 7) is 4.13. The maximum absolute atomic E-state index is 13.3. The number of fused-ring (bicyclic) bond motifs is 2. The van der Waals surface area contributed by atoms with Crippen LogP contribution in [0.25, 0.3) is 21.3 Å². The van der Waals surface area contributed by atoms with Gasteiger partial charge >= 0.3 is 0 Å². The van der Waals surface area contributed by atoms with E-state index in [1.807, 2.05) is 17.5 Å². The lowest BCUT2D eigenvalue weighted by atomic mass is 9.99. The fourth-order valence-electron chi connectivity index (χ4n) is 4.27. The van der Waals surface area contributed by atoms with Gasteiger partial charge in [-0.1, -0.05) is 38.1 Å². The van der Waals surface area contributed by atoms with Gasteiger partial charge in [-0.25, -0.2) is 4.98 Å². The average molecular weight is 475 g/mol. The van der Waals surface area contributed by atoms with Crippen LogP contribution in [0, 0.1) is 11.3 Å². The third-order valence-corrected chi connectivity index (χ3v) is 8.14. The van der Waals surface area contributed by atoms with E-state index in [1.165, 1.54) is 44.0 Å². The molecule has 1 aliphatic carbocycles. The molecule has 0 atom stereocenters. The summed E-state index contributed by atoms with van der Waals surface area (Å²) in [5, 5.41) is 15.4. The fourth-order valence-corrected chi connectivity index (χ4v) is 6.43. The molecule has 0 radical (unpaired) electrons. The average Bonchev–Trinajstić information content (AvgIpc) is 3.50. The Morgan fingerprint density at radius 2 is 2.06 bits per heavy atom. The topological polar surface area (TPSA) is 87.8 Å². The van der Waals surface area contributed by atoms with Gasteiger partial charge in [-0.15, -0.1) is 22.7 Å². The highest BCUT2D eigenvalue weighted by molar-refractivity contribution is 7.17. The van der Waals surface area contributed by atoms with Gasteiger partial charge in [0.2, 0.25) is 5.91 Å².